The molecule has 0 atom stereocenters. The molecule has 0 fully saturated rings. The summed E-state index contributed by atoms with van der Waals surface area (Å²) in [6, 6.07) is 5.82. The number of likely N-dealkylation sites (N-methyl/N-ethyl adjacent to an activating group) is 1. The van der Waals surface area contributed by atoms with Crippen molar-refractivity contribution in [2.24, 2.45) is 0 Å². The van der Waals surface area contributed by atoms with Crippen molar-refractivity contribution in [1.82, 2.24) is 9.88 Å². The van der Waals surface area contributed by atoms with Gasteiger partial charge in [0, 0.05) is 19.3 Å². The lowest BCUT2D eigenvalue weighted by atomic mass is 10.3. The highest BCUT2D eigenvalue weighted by Crippen LogP contribution is 2.03. The van der Waals surface area contributed by atoms with E-state index >= 15 is 0 Å². The second-order valence-corrected chi connectivity index (χ2v) is 3.16. The minimum absolute atomic E-state index is 0.683. The maximum Gasteiger partial charge on any atom is 0.120 e. The van der Waals surface area contributed by atoms with Crippen molar-refractivity contribution in [2.45, 2.75) is 13.5 Å². The SMILES string of the molecule is C=C(CNCC)Cn1cccc1C#N. The predicted octanol–water partition coefficient (Wildman–Crippen LogP) is 1.53. The Hall–Kier alpha value is -1.53. The van der Waals surface area contributed by atoms with Crippen molar-refractivity contribution in [3.63, 3.8) is 0 Å². The first-order valence-corrected chi connectivity index (χ1v) is 4.70. The maximum absolute atomic E-state index is 8.78. The number of aromatic nitrogens is 1. The first kappa shape index (κ1) is 10.6. The van der Waals surface area contributed by atoms with Crippen LogP contribution < -0.4 is 5.32 Å². The van der Waals surface area contributed by atoms with E-state index in [2.05, 4.69) is 24.9 Å². The van der Waals surface area contributed by atoms with Crippen LogP contribution in [0.25, 0.3) is 0 Å². The van der Waals surface area contributed by atoms with Gasteiger partial charge in [0.05, 0.1) is 0 Å². The van der Waals surface area contributed by atoms with Gasteiger partial charge in [-0.2, -0.15) is 5.26 Å². The summed E-state index contributed by atoms with van der Waals surface area (Å²) >= 11 is 0. The van der Waals surface area contributed by atoms with Gasteiger partial charge in [-0.25, -0.2) is 0 Å². The fraction of sp³-hybridized carbons (Fsp3) is 0.364. The summed E-state index contributed by atoms with van der Waals surface area (Å²) in [5.41, 5.74) is 1.77. The van der Waals surface area contributed by atoms with E-state index in [1.165, 1.54) is 0 Å². The number of nitrogens with one attached hydrogen (secondary N) is 1. The Morgan fingerprint density at radius 1 is 1.71 bits per heavy atom. The van der Waals surface area contributed by atoms with E-state index in [-0.39, 0.29) is 0 Å². The fourth-order valence-corrected chi connectivity index (χ4v) is 1.25. The minimum Gasteiger partial charge on any atom is -0.335 e. The van der Waals surface area contributed by atoms with Gasteiger partial charge in [0.15, 0.2) is 0 Å². The molecule has 0 aliphatic carbocycles. The molecule has 1 heterocycles. The van der Waals surface area contributed by atoms with E-state index in [0.29, 0.717) is 12.2 Å². The van der Waals surface area contributed by atoms with Crippen LogP contribution in [-0.2, 0) is 6.54 Å². The van der Waals surface area contributed by atoms with Crippen LogP contribution in [0, 0.1) is 11.3 Å². The monoisotopic (exact) mass is 189 g/mol. The third kappa shape index (κ3) is 2.75. The van der Waals surface area contributed by atoms with Gasteiger partial charge in [0.25, 0.3) is 0 Å². The number of nitrogens with zero attached hydrogens (tertiary/aromatic N) is 2. The molecule has 0 spiro atoms. The van der Waals surface area contributed by atoms with Crippen molar-refractivity contribution in [3.05, 3.63) is 36.2 Å². The molecule has 1 rings (SSSR count). The summed E-state index contributed by atoms with van der Waals surface area (Å²) in [4.78, 5) is 0. The van der Waals surface area contributed by atoms with E-state index in [1.54, 1.807) is 6.07 Å². The van der Waals surface area contributed by atoms with Crippen LogP contribution in [0.3, 0.4) is 0 Å². The second-order valence-electron chi connectivity index (χ2n) is 3.16. The summed E-state index contributed by atoms with van der Waals surface area (Å²) in [6.45, 7) is 8.47. The average Bonchev–Trinajstić information content (AvgIpc) is 2.62. The predicted molar refractivity (Wildman–Crippen MR) is 56.8 cm³/mol. The van der Waals surface area contributed by atoms with Gasteiger partial charge in [0.2, 0.25) is 0 Å². The van der Waals surface area contributed by atoms with Crippen LogP contribution in [0.4, 0.5) is 0 Å². The van der Waals surface area contributed by atoms with Crippen LogP contribution in [0.5, 0.6) is 0 Å². The fourth-order valence-electron chi connectivity index (χ4n) is 1.25. The zero-order valence-electron chi connectivity index (χ0n) is 8.45. The van der Waals surface area contributed by atoms with Gasteiger partial charge in [-0.15, -0.1) is 0 Å². The van der Waals surface area contributed by atoms with Crippen LogP contribution in [0.1, 0.15) is 12.6 Å². The third-order valence-electron chi connectivity index (χ3n) is 1.96. The largest absolute Gasteiger partial charge is 0.335 e. The quantitative estimate of drug-likeness (QED) is 0.713. The molecule has 0 aliphatic rings. The van der Waals surface area contributed by atoms with E-state index in [4.69, 9.17) is 5.26 Å². The van der Waals surface area contributed by atoms with Gasteiger partial charge in [-0.3, -0.25) is 0 Å². The topological polar surface area (TPSA) is 40.8 Å². The number of hydrogen-bond acceptors (Lipinski definition) is 2. The zero-order valence-corrected chi connectivity index (χ0v) is 8.45. The molecule has 0 aromatic carbocycles. The molecule has 0 bridgehead atoms. The van der Waals surface area contributed by atoms with Crippen molar-refractivity contribution in [1.29, 1.82) is 5.26 Å². The van der Waals surface area contributed by atoms with Crippen LogP contribution >= 0.6 is 0 Å². The Balaban J connectivity index is 2.52. The molecular formula is C11H15N3. The molecule has 1 N–H and O–H groups in total. The van der Waals surface area contributed by atoms with Crippen LogP contribution in [-0.4, -0.2) is 17.7 Å². The van der Waals surface area contributed by atoms with Gasteiger partial charge in [-0.05, 0) is 24.3 Å². The Kier molecular flexibility index (Phi) is 3.96. The summed E-state index contributed by atoms with van der Waals surface area (Å²) in [5.74, 6) is 0. The Labute approximate surface area is 84.7 Å². The smallest absolute Gasteiger partial charge is 0.120 e. The standard InChI is InChI=1S/C11H15N3/c1-3-13-8-10(2)9-14-6-4-5-11(14)7-12/h4-6,13H,2-3,8-9H2,1H3. The molecule has 0 amide bonds. The van der Waals surface area contributed by atoms with Gasteiger partial charge in [-0.1, -0.05) is 13.5 Å². The lowest BCUT2D eigenvalue weighted by Gasteiger charge is -2.08. The Morgan fingerprint density at radius 3 is 3.14 bits per heavy atom. The molecule has 1 aromatic heterocycles. The first-order chi connectivity index (χ1) is 6.77. The summed E-state index contributed by atoms with van der Waals surface area (Å²) in [7, 11) is 0. The molecular weight excluding hydrogens is 174 g/mol. The minimum atomic E-state index is 0.683. The van der Waals surface area contributed by atoms with Crippen molar-refractivity contribution in [2.75, 3.05) is 13.1 Å². The van der Waals surface area contributed by atoms with Crippen molar-refractivity contribution >= 4 is 0 Å². The highest BCUT2D eigenvalue weighted by molar-refractivity contribution is 5.23. The number of rotatable bonds is 5. The molecule has 3 heteroatoms. The normalized spacial score (nSPS) is 9.71. The zero-order chi connectivity index (χ0) is 10.4. The van der Waals surface area contributed by atoms with Gasteiger partial charge in [0.1, 0.15) is 11.8 Å². The molecule has 0 aliphatic heterocycles. The molecule has 0 unspecified atom stereocenters. The lowest BCUT2D eigenvalue weighted by Crippen LogP contribution is -2.18. The summed E-state index contributed by atoms with van der Waals surface area (Å²) < 4.78 is 1.90. The summed E-state index contributed by atoms with van der Waals surface area (Å²) in [5, 5.41) is 12.0. The van der Waals surface area contributed by atoms with E-state index in [9.17, 15) is 0 Å². The highest BCUT2D eigenvalue weighted by atomic mass is 15.0. The highest BCUT2D eigenvalue weighted by Gasteiger charge is 2.00. The molecule has 0 radical (unpaired) electrons. The molecule has 3 nitrogen and oxygen atoms in total. The second kappa shape index (κ2) is 5.25. The van der Waals surface area contributed by atoms with Crippen molar-refractivity contribution in [3.8, 4) is 6.07 Å². The van der Waals surface area contributed by atoms with E-state index < -0.39 is 0 Å². The third-order valence-corrected chi connectivity index (χ3v) is 1.96. The number of hydrogen-bond donors (Lipinski definition) is 1. The molecule has 14 heavy (non-hydrogen) atoms. The molecule has 74 valence electrons. The van der Waals surface area contributed by atoms with E-state index in [1.807, 2.05) is 16.8 Å². The Bertz CT molecular complexity index is 344. The summed E-state index contributed by atoms with van der Waals surface area (Å²) in [6.07, 6.45) is 1.90. The lowest BCUT2D eigenvalue weighted by molar-refractivity contribution is 0.702. The number of nitriles is 1. The van der Waals surface area contributed by atoms with Crippen LogP contribution in [0.15, 0.2) is 30.5 Å². The van der Waals surface area contributed by atoms with Gasteiger partial charge >= 0.3 is 0 Å². The average molecular weight is 189 g/mol. The molecule has 0 saturated heterocycles. The van der Waals surface area contributed by atoms with Crippen molar-refractivity contribution < 1.29 is 0 Å². The first-order valence-electron chi connectivity index (χ1n) is 4.70. The Morgan fingerprint density at radius 2 is 2.50 bits per heavy atom. The van der Waals surface area contributed by atoms with Crippen LogP contribution in [0.2, 0.25) is 0 Å². The van der Waals surface area contributed by atoms with Gasteiger partial charge < -0.3 is 9.88 Å². The maximum atomic E-state index is 8.78. The molecule has 0 saturated carbocycles. The van der Waals surface area contributed by atoms with E-state index in [0.717, 1.165) is 18.7 Å². The molecule has 1 aromatic rings.